The van der Waals surface area contributed by atoms with E-state index in [1.54, 1.807) is 13.0 Å². The lowest BCUT2D eigenvalue weighted by atomic mass is 9.92. The van der Waals surface area contributed by atoms with Crippen LogP contribution in [-0.2, 0) is 12.8 Å². The first-order chi connectivity index (χ1) is 12.8. The molecule has 3 heteroatoms. The lowest BCUT2D eigenvalue weighted by Gasteiger charge is -2.17. The van der Waals surface area contributed by atoms with Crippen molar-refractivity contribution in [1.82, 2.24) is 0 Å². The van der Waals surface area contributed by atoms with E-state index in [2.05, 4.69) is 6.58 Å². The van der Waals surface area contributed by atoms with Crippen LogP contribution in [0.5, 0.6) is 11.5 Å². The van der Waals surface area contributed by atoms with Crippen molar-refractivity contribution in [3.05, 3.63) is 82.5 Å². The monoisotopic (exact) mass is 364 g/mol. The number of aliphatic hydroxyl groups excluding tert-OH is 1. The molecule has 0 radical (unpaired) electrons. The summed E-state index contributed by atoms with van der Waals surface area (Å²) >= 11 is 0. The Hall–Kier alpha value is -2.78. The minimum absolute atomic E-state index is 0.0283. The maximum Gasteiger partial charge on any atom is 0.126 e. The van der Waals surface area contributed by atoms with Crippen LogP contribution in [0.25, 0.3) is 12.2 Å². The molecule has 1 unspecified atom stereocenters. The number of aromatic hydroxyl groups is 2. The molecule has 0 fully saturated rings. The highest BCUT2D eigenvalue weighted by Crippen LogP contribution is 2.36. The molecule has 0 aromatic heterocycles. The molecule has 0 aliphatic rings. The van der Waals surface area contributed by atoms with Gasteiger partial charge in [-0.05, 0) is 44.4 Å². The average Bonchev–Trinajstić information content (AvgIpc) is 2.62. The number of hydrogen-bond donors (Lipinski definition) is 3. The molecule has 0 heterocycles. The first kappa shape index (κ1) is 20.5. The summed E-state index contributed by atoms with van der Waals surface area (Å²) in [5, 5.41) is 31.6. The van der Waals surface area contributed by atoms with Crippen molar-refractivity contribution in [3.8, 4) is 11.5 Å². The number of rotatable bonds is 7. The van der Waals surface area contributed by atoms with Crippen LogP contribution in [0.3, 0.4) is 0 Å². The quantitative estimate of drug-likeness (QED) is 0.464. The molecule has 1 atom stereocenters. The van der Waals surface area contributed by atoms with E-state index in [1.165, 1.54) is 0 Å². The Kier molecular flexibility index (Phi) is 7.03. The zero-order chi connectivity index (χ0) is 20.0. The molecule has 2 aromatic carbocycles. The Bertz CT molecular complexity index is 857. The van der Waals surface area contributed by atoms with Gasteiger partial charge in [0.2, 0.25) is 0 Å². The molecular weight excluding hydrogens is 336 g/mol. The predicted molar refractivity (Wildman–Crippen MR) is 113 cm³/mol. The highest BCUT2D eigenvalue weighted by Gasteiger charge is 2.18. The van der Waals surface area contributed by atoms with E-state index in [9.17, 15) is 15.3 Å². The van der Waals surface area contributed by atoms with E-state index in [-0.39, 0.29) is 17.9 Å². The molecule has 0 saturated heterocycles. The predicted octanol–water partition coefficient (Wildman–Crippen LogP) is 5.26. The van der Waals surface area contributed by atoms with Gasteiger partial charge in [0.15, 0.2) is 0 Å². The Morgan fingerprint density at radius 2 is 1.70 bits per heavy atom. The third-order valence-corrected chi connectivity index (χ3v) is 4.46. The Morgan fingerprint density at radius 3 is 2.30 bits per heavy atom. The minimum atomic E-state index is -0.763. The van der Waals surface area contributed by atoms with Gasteiger partial charge in [0.1, 0.15) is 11.5 Å². The number of aliphatic hydroxyl groups is 1. The van der Waals surface area contributed by atoms with Crippen LogP contribution >= 0.6 is 0 Å². The second kappa shape index (κ2) is 9.24. The standard InChI is InChI=1S/C24H28O3/c1-16(2)10-13-20-23(26)14-19(12-11-18-8-6-5-7-9-18)21(24(20)27)15-22(25)17(3)4/h5-12,14,22,25-27H,3,13,15H2,1-2,4H3/b12-11+. The second-order valence-corrected chi connectivity index (χ2v) is 7.09. The largest absolute Gasteiger partial charge is 0.507 e. The molecule has 0 spiro atoms. The molecular formula is C24H28O3. The fourth-order valence-corrected chi connectivity index (χ4v) is 2.75. The van der Waals surface area contributed by atoms with Gasteiger partial charge in [-0.25, -0.2) is 0 Å². The number of hydrogen-bond acceptors (Lipinski definition) is 3. The van der Waals surface area contributed by atoms with Crippen LogP contribution in [-0.4, -0.2) is 21.4 Å². The van der Waals surface area contributed by atoms with Gasteiger partial charge in [-0.2, -0.15) is 0 Å². The van der Waals surface area contributed by atoms with Crippen LogP contribution in [0.15, 0.2) is 60.2 Å². The van der Waals surface area contributed by atoms with Crippen LogP contribution in [0.1, 0.15) is 43.0 Å². The van der Waals surface area contributed by atoms with Crippen LogP contribution in [0.2, 0.25) is 0 Å². The van der Waals surface area contributed by atoms with Gasteiger partial charge < -0.3 is 15.3 Å². The molecule has 0 aliphatic heterocycles. The van der Waals surface area contributed by atoms with Gasteiger partial charge >= 0.3 is 0 Å². The molecule has 0 bridgehead atoms. The molecule has 2 rings (SSSR count). The second-order valence-electron chi connectivity index (χ2n) is 7.09. The fourth-order valence-electron chi connectivity index (χ4n) is 2.75. The van der Waals surface area contributed by atoms with Crippen LogP contribution in [0.4, 0.5) is 0 Å². The van der Waals surface area contributed by atoms with Gasteiger partial charge in [-0.1, -0.05) is 66.3 Å². The Balaban J connectivity index is 2.51. The third kappa shape index (κ3) is 5.60. The zero-order valence-corrected chi connectivity index (χ0v) is 16.2. The molecule has 0 saturated carbocycles. The van der Waals surface area contributed by atoms with Gasteiger partial charge in [0, 0.05) is 17.5 Å². The Morgan fingerprint density at radius 1 is 1.04 bits per heavy atom. The third-order valence-electron chi connectivity index (χ3n) is 4.46. The maximum absolute atomic E-state index is 10.8. The molecule has 3 N–H and O–H groups in total. The normalized spacial score (nSPS) is 12.1. The van der Waals surface area contributed by atoms with Gasteiger partial charge in [-0.15, -0.1) is 0 Å². The fraction of sp³-hybridized carbons (Fsp3) is 0.250. The van der Waals surface area contributed by atoms with E-state index in [0.29, 0.717) is 28.7 Å². The van der Waals surface area contributed by atoms with E-state index in [4.69, 9.17) is 0 Å². The van der Waals surface area contributed by atoms with Gasteiger partial charge in [-0.3, -0.25) is 0 Å². The van der Waals surface area contributed by atoms with E-state index >= 15 is 0 Å². The lowest BCUT2D eigenvalue weighted by molar-refractivity contribution is 0.210. The smallest absolute Gasteiger partial charge is 0.126 e. The molecule has 2 aromatic rings. The first-order valence-corrected chi connectivity index (χ1v) is 9.06. The van der Waals surface area contributed by atoms with Crippen LogP contribution in [0, 0.1) is 0 Å². The van der Waals surface area contributed by atoms with Crippen LogP contribution < -0.4 is 0 Å². The highest BCUT2D eigenvalue weighted by molar-refractivity contribution is 5.74. The van der Waals surface area contributed by atoms with Crippen molar-refractivity contribution in [2.75, 3.05) is 0 Å². The summed E-state index contributed by atoms with van der Waals surface area (Å²) in [6.07, 6.45) is 5.62. The molecule has 142 valence electrons. The summed E-state index contributed by atoms with van der Waals surface area (Å²) in [6, 6.07) is 11.4. The summed E-state index contributed by atoms with van der Waals surface area (Å²) < 4.78 is 0. The number of allylic oxidation sites excluding steroid dienone is 2. The molecule has 27 heavy (non-hydrogen) atoms. The highest BCUT2D eigenvalue weighted by atomic mass is 16.3. The zero-order valence-electron chi connectivity index (χ0n) is 16.2. The van der Waals surface area contributed by atoms with Crippen molar-refractivity contribution in [1.29, 1.82) is 0 Å². The molecule has 3 nitrogen and oxygen atoms in total. The lowest BCUT2D eigenvalue weighted by Crippen LogP contribution is -2.12. The van der Waals surface area contributed by atoms with E-state index in [1.807, 2.05) is 62.4 Å². The number of phenolic OH excluding ortho intramolecular Hbond substituents is 2. The van der Waals surface area contributed by atoms with Crippen molar-refractivity contribution in [2.45, 2.75) is 39.7 Å². The van der Waals surface area contributed by atoms with Crippen molar-refractivity contribution in [2.24, 2.45) is 0 Å². The maximum atomic E-state index is 10.8. The summed E-state index contributed by atoms with van der Waals surface area (Å²) in [4.78, 5) is 0. The average molecular weight is 364 g/mol. The van der Waals surface area contributed by atoms with Crippen molar-refractivity contribution < 1.29 is 15.3 Å². The first-order valence-electron chi connectivity index (χ1n) is 9.06. The van der Waals surface area contributed by atoms with Crippen molar-refractivity contribution >= 4 is 12.2 Å². The molecule has 0 aliphatic carbocycles. The summed E-state index contributed by atoms with van der Waals surface area (Å²) in [5.41, 5.74) is 4.49. The van der Waals surface area contributed by atoms with E-state index < -0.39 is 6.10 Å². The summed E-state index contributed by atoms with van der Waals surface area (Å²) in [6.45, 7) is 9.49. The minimum Gasteiger partial charge on any atom is -0.507 e. The SMILES string of the molecule is C=C(C)C(O)Cc1c(/C=C/c2ccccc2)cc(O)c(CC=C(C)C)c1O. The molecule has 0 amide bonds. The summed E-state index contributed by atoms with van der Waals surface area (Å²) in [5.74, 6) is 0.0757. The topological polar surface area (TPSA) is 60.7 Å². The van der Waals surface area contributed by atoms with E-state index in [0.717, 1.165) is 11.1 Å². The van der Waals surface area contributed by atoms with Gasteiger partial charge in [0.25, 0.3) is 0 Å². The van der Waals surface area contributed by atoms with Crippen molar-refractivity contribution in [3.63, 3.8) is 0 Å². The number of benzene rings is 2. The summed E-state index contributed by atoms with van der Waals surface area (Å²) in [7, 11) is 0. The Labute approximate surface area is 161 Å². The number of phenols is 2. The van der Waals surface area contributed by atoms with Gasteiger partial charge in [0.05, 0.1) is 6.10 Å².